The van der Waals surface area contributed by atoms with Gasteiger partial charge in [-0.2, -0.15) is 0 Å². The second-order valence-electron chi connectivity index (χ2n) is 4.67. The van der Waals surface area contributed by atoms with Crippen molar-refractivity contribution in [2.24, 2.45) is 0 Å². The van der Waals surface area contributed by atoms with Crippen LogP contribution in [-0.4, -0.2) is 15.0 Å². The number of thiazole rings is 2. The van der Waals surface area contributed by atoms with Crippen LogP contribution in [0.5, 0.6) is 0 Å². The lowest BCUT2D eigenvalue weighted by Crippen LogP contribution is -1.76. The van der Waals surface area contributed by atoms with Crippen LogP contribution in [-0.2, 0) is 0 Å². The van der Waals surface area contributed by atoms with Gasteiger partial charge in [0.2, 0.25) is 0 Å². The first kappa shape index (κ1) is 13.3. The van der Waals surface area contributed by atoms with E-state index in [2.05, 4.69) is 32.5 Å². The van der Waals surface area contributed by atoms with E-state index in [4.69, 9.17) is 0 Å². The smallest absolute Gasteiger partial charge is 0.124 e. The topological polar surface area (TPSA) is 38.7 Å². The molecule has 4 rings (SSSR count). The number of fused-ring (bicyclic) bond motifs is 1. The summed E-state index contributed by atoms with van der Waals surface area (Å²) in [6, 6.07) is 12.2. The van der Waals surface area contributed by atoms with Crippen LogP contribution in [0.15, 0.2) is 54.2 Å². The molecule has 1 aromatic carbocycles. The highest BCUT2D eigenvalue weighted by molar-refractivity contribution is 7.19. The molecule has 0 bridgehead atoms. The molecule has 0 fully saturated rings. The van der Waals surface area contributed by atoms with Crippen LogP contribution in [0.3, 0.4) is 0 Å². The monoisotopic (exact) mass is 321 g/mol. The Morgan fingerprint density at radius 1 is 0.955 bits per heavy atom. The predicted octanol–water partition coefficient (Wildman–Crippen LogP) is 4.99. The minimum Gasteiger partial charge on any atom is -0.262 e. The summed E-state index contributed by atoms with van der Waals surface area (Å²) in [6.45, 7) is 0. The first-order valence-corrected chi connectivity index (χ1v) is 8.48. The van der Waals surface area contributed by atoms with Crippen molar-refractivity contribution in [1.29, 1.82) is 0 Å². The molecule has 106 valence electrons. The standard InChI is InChI=1S/C17H11N3S2/c1-2-4-12(5-3-1)17-19-13(11-21-17)6-7-16-20-14-10-18-9-8-15(14)22-16/h1-11H/b7-6+. The van der Waals surface area contributed by atoms with Crippen molar-refractivity contribution >= 4 is 45.0 Å². The number of hydrogen-bond acceptors (Lipinski definition) is 5. The Hall–Kier alpha value is -2.37. The Balaban J connectivity index is 1.59. The quantitative estimate of drug-likeness (QED) is 0.534. The molecule has 5 heteroatoms. The van der Waals surface area contributed by atoms with Gasteiger partial charge in [0.15, 0.2) is 0 Å². The van der Waals surface area contributed by atoms with Crippen molar-refractivity contribution in [3.63, 3.8) is 0 Å². The van der Waals surface area contributed by atoms with Gasteiger partial charge in [-0.3, -0.25) is 4.98 Å². The molecule has 0 amide bonds. The highest BCUT2D eigenvalue weighted by Crippen LogP contribution is 2.25. The average molecular weight is 321 g/mol. The fraction of sp³-hybridized carbons (Fsp3) is 0. The van der Waals surface area contributed by atoms with E-state index in [1.54, 1.807) is 35.1 Å². The fourth-order valence-electron chi connectivity index (χ4n) is 2.10. The van der Waals surface area contributed by atoms with Crippen molar-refractivity contribution in [2.75, 3.05) is 0 Å². The van der Waals surface area contributed by atoms with Gasteiger partial charge in [0.25, 0.3) is 0 Å². The number of aromatic nitrogens is 3. The molecule has 0 atom stereocenters. The van der Waals surface area contributed by atoms with Crippen LogP contribution in [0.1, 0.15) is 10.7 Å². The van der Waals surface area contributed by atoms with Gasteiger partial charge in [-0.05, 0) is 18.2 Å². The molecule has 4 aromatic rings. The van der Waals surface area contributed by atoms with E-state index in [9.17, 15) is 0 Å². The number of nitrogens with zero attached hydrogens (tertiary/aromatic N) is 3. The molecule has 0 saturated heterocycles. The van der Waals surface area contributed by atoms with Crippen LogP contribution in [0, 0.1) is 0 Å². The van der Waals surface area contributed by atoms with Crippen molar-refractivity contribution in [1.82, 2.24) is 15.0 Å². The van der Waals surface area contributed by atoms with Crippen molar-refractivity contribution in [3.8, 4) is 10.6 Å². The Bertz CT molecular complexity index is 906. The van der Waals surface area contributed by atoms with Crippen LogP contribution in [0.25, 0.3) is 32.9 Å². The van der Waals surface area contributed by atoms with Gasteiger partial charge in [-0.25, -0.2) is 9.97 Å². The minimum atomic E-state index is 0.940. The van der Waals surface area contributed by atoms with E-state index >= 15 is 0 Å². The third kappa shape index (κ3) is 2.68. The first-order valence-electron chi connectivity index (χ1n) is 6.78. The number of hydrogen-bond donors (Lipinski definition) is 0. The lowest BCUT2D eigenvalue weighted by atomic mass is 10.2. The van der Waals surface area contributed by atoms with Gasteiger partial charge in [0, 0.05) is 17.1 Å². The van der Waals surface area contributed by atoms with Gasteiger partial charge in [0.1, 0.15) is 15.5 Å². The van der Waals surface area contributed by atoms with Crippen LogP contribution in [0.2, 0.25) is 0 Å². The summed E-state index contributed by atoms with van der Waals surface area (Å²) in [5.41, 5.74) is 3.05. The average Bonchev–Trinajstić information content (AvgIpc) is 3.20. The van der Waals surface area contributed by atoms with E-state index in [0.717, 1.165) is 31.5 Å². The van der Waals surface area contributed by atoms with E-state index in [1.807, 2.05) is 36.4 Å². The van der Waals surface area contributed by atoms with Gasteiger partial charge in [-0.1, -0.05) is 30.3 Å². The number of benzene rings is 1. The Morgan fingerprint density at radius 2 is 1.86 bits per heavy atom. The summed E-state index contributed by atoms with van der Waals surface area (Å²) < 4.78 is 1.15. The lowest BCUT2D eigenvalue weighted by molar-refractivity contribution is 1.33. The summed E-state index contributed by atoms with van der Waals surface area (Å²) in [5.74, 6) is 0. The Morgan fingerprint density at radius 3 is 2.73 bits per heavy atom. The van der Waals surface area contributed by atoms with Gasteiger partial charge in [0.05, 0.1) is 16.6 Å². The molecule has 0 radical (unpaired) electrons. The largest absolute Gasteiger partial charge is 0.262 e. The van der Waals surface area contributed by atoms with Crippen LogP contribution in [0.4, 0.5) is 0 Å². The molecule has 0 aliphatic rings. The number of rotatable bonds is 3. The molecule has 3 nitrogen and oxygen atoms in total. The fourth-order valence-corrected chi connectivity index (χ4v) is 3.73. The van der Waals surface area contributed by atoms with Crippen molar-refractivity contribution < 1.29 is 0 Å². The summed E-state index contributed by atoms with van der Waals surface area (Å²) in [7, 11) is 0. The molecular weight excluding hydrogens is 310 g/mol. The summed E-state index contributed by atoms with van der Waals surface area (Å²) >= 11 is 3.31. The second-order valence-corrected chi connectivity index (χ2v) is 6.59. The third-order valence-corrected chi connectivity index (χ3v) is 5.06. The SMILES string of the molecule is C(=C\c1nc2cnccc2s1)/c1csc(-c2ccccc2)n1. The van der Waals surface area contributed by atoms with Crippen molar-refractivity contribution in [3.05, 3.63) is 64.9 Å². The normalized spacial score (nSPS) is 11.5. The second kappa shape index (κ2) is 5.79. The minimum absolute atomic E-state index is 0.940. The van der Waals surface area contributed by atoms with E-state index in [0.29, 0.717) is 0 Å². The molecule has 3 heterocycles. The molecule has 0 spiro atoms. The third-order valence-electron chi connectivity index (χ3n) is 3.15. The summed E-state index contributed by atoms with van der Waals surface area (Å²) in [5, 5.41) is 4.07. The lowest BCUT2D eigenvalue weighted by Gasteiger charge is -1.92. The highest BCUT2D eigenvalue weighted by Gasteiger charge is 2.03. The Kier molecular flexibility index (Phi) is 3.50. The maximum atomic E-state index is 4.65. The maximum absolute atomic E-state index is 4.65. The maximum Gasteiger partial charge on any atom is 0.124 e. The zero-order chi connectivity index (χ0) is 14.8. The van der Waals surface area contributed by atoms with Crippen molar-refractivity contribution in [2.45, 2.75) is 0 Å². The summed E-state index contributed by atoms with van der Waals surface area (Å²) in [6.07, 6.45) is 7.60. The van der Waals surface area contributed by atoms with Crippen LogP contribution >= 0.6 is 22.7 Å². The number of pyridine rings is 1. The zero-order valence-corrected chi connectivity index (χ0v) is 13.1. The Labute approximate surface area is 135 Å². The highest BCUT2D eigenvalue weighted by atomic mass is 32.1. The summed E-state index contributed by atoms with van der Waals surface area (Å²) in [4.78, 5) is 13.3. The molecule has 22 heavy (non-hydrogen) atoms. The molecule has 0 unspecified atom stereocenters. The van der Waals surface area contributed by atoms with E-state index < -0.39 is 0 Å². The van der Waals surface area contributed by atoms with E-state index in [1.165, 1.54) is 0 Å². The molecule has 3 aromatic heterocycles. The molecular formula is C17H11N3S2. The van der Waals surface area contributed by atoms with Crippen LogP contribution < -0.4 is 0 Å². The van der Waals surface area contributed by atoms with Gasteiger partial charge < -0.3 is 0 Å². The van der Waals surface area contributed by atoms with Gasteiger partial charge >= 0.3 is 0 Å². The first-order chi connectivity index (χ1) is 10.9. The zero-order valence-electron chi connectivity index (χ0n) is 11.5. The molecule has 0 N–H and O–H groups in total. The molecule has 0 aliphatic heterocycles. The molecule has 0 saturated carbocycles. The van der Waals surface area contributed by atoms with E-state index in [-0.39, 0.29) is 0 Å². The molecule has 0 aliphatic carbocycles. The van der Waals surface area contributed by atoms with Gasteiger partial charge in [-0.15, -0.1) is 22.7 Å². The predicted molar refractivity (Wildman–Crippen MR) is 93.9 cm³/mol.